The van der Waals surface area contributed by atoms with E-state index in [9.17, 15) is 4.79 Å². The molecule has 0 aliphatic carbocycles. The van der Waals surface area contributed by atoms with Crippen LogP contribution in [0.4, 0.5) is 5.13 Å². The molecule has 0 saturated carbocycles. The Kier molecular flexibility index (Phi) is 4.66. The van der Waals surface area contributed by atoms with Crippen molar-refractivity contribution in [3.63, 3.8) is 0 Å². The van der Waals surface area contributed by atoms with Crippen molar-refractivity contribution in [2.24, 2.45) is 5.92 Å². The summed E-state index contributed by atoms with van der Waals surface area (Å²) < 4.78 is 4.24. The Morgan fingerprint density at radius 1 is 1.38 bits per heavy atom. The van der Waals surface area contributed by atoms with Gasteiger partial charge in [-0.25, -0.2) is 4.98 Å². The van der Waals surface area contributed by atoms with E-state index in [1.807, 2.05) is 31.2 Å². The highest BCUT2D eigenvalue weighted by molar-refractivity contribution is 7.09. The first-order valence-electron chi connectivity index (χ1n) is 7.64. The van der Waals surface area contributed by atoms with E-state index >= 15 is 0 Å². The number of carbonyl (C=O) groups excluding carboxylic acids is 1. The standard InChI is InChI=1S/C16H18N6OS/c1-10(2)7-14-18-16(24-21-14)19-15(23)13-9-17-22(20-13)12-6-4-5-11(3)8-12/h4-6,8-10H,7H2,1-3H3,(H,18,19,21,23). The molecule has 0 atom stereocenters. The van der Waals surface area contributed by atoms with Crippen LogP contribution in [-0.2, 0) is 6.42 Å². The molecule has 7 nitrogen and oxygen atoms in total. The molecular weight excluding hydrogens is 324 g/mol. The number of rotatable bonds is 5. The van der Waals surface area contributed by atoms with Crippen molar-refractivity contribution >= 4 is 22.6 Å². The van der Waals surface area contributed by atoms with Gasteiger partial charge < -0.3 is 0 Å². The highest BCUT2D eigenvalue weighted by atomic mass is 32.1. The van der Waals surface area contributed by atoms with Crippen molar-refractivity contribution in [1.29, 1.82) is 0 Å². The SMILES string of the molecule is Cc1cccc(-n2ncc(C(=O)Nc3nc(CC(C)C)ns3)n2)c1. The molecule has 1 N–H and O–H groups in total. The number of amides is 1. The van der Waals surface area contributed by atoms with E-state index in [-0.39, 0.29) is 11.6 Å². The van der Waals surface area contributed by atoms with Gasteiger partial charge >= 0.3 is 0 Å². The monoisotopic (exact) mass is 342 g/mol. The first-order chi connectivity index (χ1) is 11.5. The molecule has 0 bridgehead atoms. The summed E-state index contributed by atoms with van der Waals surface area (Å²) in [5, 5.41) is 11.6. The van der Waals surface area contributed by atoms with E-state index in [0.29, 0.717) is 11.0 Å². The fraction of sp³-hybridized carbons (Fsp3) is 0.312. The van der Waals surface area contributed by atoms with Crippen LogP contribution in [0.5, 0.6) is 0 Å². The first kappa shape index (κ1) is 16.3. The van der Waals surface area contributed by atoms with Gasteiger partial charge in [0.2, 0.25) is 5.13 Å². The number of carbonyl (C=O) groups is 1. The summed E-state index contributed by atoms with van der Waals surface area (Å²) in [6, 6.07) is 7.75. The Labute approximate surface area is 143 Å². The van der Waals surface area contributed by atoms with Crippen molar-refractivity contribution in [2.75, 3.05) is 5.32 Å². The van der Waals surface area contributed by atoms with E-state index in [4.69, 9.17) is 0 Å². The summed E-state index contributed by atoms with van der Waals surface area (Å²) in [6.45, 7) is 6.19. The third-order valence-electron chi connectivity index (χ3n) is 3.24. The Balaban J connectivity index is 1.71. The molecular formula is C16H18N6OS. The fourth-order valence-electron chi connectivity index (χ4n) is 2.16. The number of anilines is 1. The van der Waals surface area contributed by atoms with Crippen molar-refractivity contribution < 1.29 is 4.79 Å². The lowest BCUT2D eigenvalue weighted by atomic mass is 10.1. The van der Waals surface area contributed by atoms with Crippen molar-refractivity contribution in [3.8, 4) is 5.69 Å². The van der Waals surface area contributed by atoms with Gasteiger partial charge in [0, 0.05) is 18.0 Å². The number of aromatic nitrogens is 5. The largest absolute Gasteiger partial charge is 0.295 e. The predicted octanol–water partition coefficient (Wildman–Crippen LogP) is 2.88. The van der Waals surface area contributed by atoms with Crippen LogP contribution in [0.25, 0.3) is 5.69 Å². The zero-order valence-corrected chi connectivity index (χ0v) is 14.5. The summed E-state index contributed by atoms with van der Waals surface area (Å²) in [7, 11) is 0. The quantitative estimate of drug-likeness (QED) is 0.770. The second-order valence-corrected chi connectivity index (χ2v) is 6.68. The van der Waals surface area contributed by atoms with Gasteiger partial charge in [0.1, 0.15) is 5.82 Å². The molecule has 3 rings (SSSR count). The maximum Gasteiger partial charge on any atom is 0.279 e. The first-order valence-corrected chi connectivity index (χ1v) is 8.42. The molecule has 0 aliphatic heterocycles. The smallest absolute Gasteiger partial charge is 0.279 e. The minimum absolute atomic E-state index is 0.233. The number of nitrogens with one attached hydrogen (secondary N) is 1. The van der Waals surface area contributed by atoms with Crippen LogP contribution in [0.3, 0.4) is 0 Å². The Morgan fingerprint density at radius 2 is 2.21 bits per heavy atom. The lowest BCUT2D eigenvalue weighted by Gasteiger charge is -2.00. The van der Waals surface area contributed by atoms with Gasteiger partial charge in [-0.2, -0.15) is 14.3 Å². The van der Waals surface area contributed by atoms with E-state index in [0.717, 1.165) is 23.5 Å². The molecule has 24 heavy (non-hydrogen) atoms. The van der Waals surface area contributed by atoms with E-state index in [1.54, 1.807) is 0 Å². The van der Waals surface area contributed by atoms with Crippen molar-refractivity contribution in [1.82, 2.24) is 24.4 Å². The molecule has 0 spiro atoms. The van der Waals surface area contributed by atoms with Gasteiger partial charge in [-0.3, -0.25) is 10.1 Å². The number of aryl methyl sites for hydroxylation is 1. The molecule has 124 valence electrons. The van der Waals surface area contributed by atoms with E-state index in [1.165, 1.54) is 22.5 Å². The third-order valence-corrected chi connectivity index (χ3v) is 3.90. The zero-order valence-electron chi connectivity index (χ0n) is 13.7. The van der Waals surface area contributed by atoms with Gasteiger partial charge in [-0.05, 0) is 30.5 Å². The molecule has 2 heterocycles. The van der Waals surface area contributed by atoms with Crippen LogP contribution in [0, 0.1) is 12.8 Å². The van der Waals surface area contributed by atoms with E-state index in [2.05, 4.69) is 38.7 Å². The maximum absolute atomic E-state index is 12.3. The number of nitrogens with zero attached hydrogens (tertiary/aromatic N) is 5. The lowest BCUT2D eigenvalue weighted by Crippen LogP contribution is -2.13. The molecule has 1 amide bonds. The summed E-state index contributed by atoms with van der Waals surface area (Å²) in [5.41, 5.74) is 2.14. The molecule has 2 aromatic heterocycles. The van der Waals surface area contributed by atoms with Gasteiger partial charge in [-0.15, -0.1) is 5.10 Å². The Morgan fingerprint density at radius 3 is 2.96 bits per heavy atom. The molecule has 8 heteroatoms. The third kappa shape index (κ3) is 3.83. The molecule has 3 aromatic rings. The number of hydrogen-bond acceptors (Lipinski definition) is 6. The van der Waals surface area contributed by atoms with Gasteiger partial charge in [0.05, 0.1) is 11.9 Å². The van der Waals surface area contributed by atoms with Crippen LogP contribution in [0.15, 0.2) is 30.5 Å². The van der Waals surface area contributed by atoms with Crippen LogP contribution >= 0.6 is 11.5 Å². The van der Waals surface area contributed by atoms with Crippen LogP contribution < -0.4 is 5.32 Å². The average Bonchev–Trinajstić information content (AvgIpc) is 3.16. The molecule has 0 saturated heterocycles. The average molecular weight is 342 g/mol. The lowest BCUT2D eigenvalue weighted by molar-refractivity contribution is 0.102. The van der Waals surface area contributed by atoms with Gasteiger partial charge in [0.15, 0.2) is 5.69 Å². The van der Waals surface area contributed by atoms with E-state index < -0.39 is 0 Å². The topological polar surface area (TPSA) is 85.6 Å². The maximum atomic E-state index is 12.3. The summed E-state index contributed by atoms with van der Waals surface area (Å²) in [6.07, 6.45) is 2.23. The highest BCUT2D eigenvalue weighted by Crippen LogP contribution is 2.15. The van der Waals surface area contributed by atoms with Crippen molar-refractivity contribution in [2.45, 2.75) is 27.2 Å². The minimum Gasteiger partial charge on any atom is -0.295 e. The number of benzene rings is 1. The molecule has 0 fully saturated rings. The highest BCUT2D eigenvalue weighted by Gasteiger charge is 2.14. The summed E-state index contributed by atoms with van der Waals surface area (Å²) in [5.74, 6) is 0.868. The molecule has 0 radical (unpaired) electrons. The normalized spacial score (nSPS) is 11.0. The molecule has 1 aromatic carbocycles. The van der Waals surface area contributed by atoms with Gasteiger partial charge in [-0.1, -0.05) is 26.0 Å². The fourth-order valence-corrected chi connectivity index (χ4v) is 2.75. The summed E-state index contributed by atoms with van der Waals surface area (Å²) in [4.78, 5) is 18.0. The predicted molar refractivity (Wildman–Crippen MR) is 92.5 cm³/mol. The summed E-state index contributed by atoms with van der Waals surface area (Å²) >= 11 is 1.17. The molecule has 0 unspecified atom stereocenters. The molecule has 0 aliphatic rings. The Bertz CT molecular complexity index is 854. The van der Waals surface area contributed by atoms with Gasteiger partial charge in [0.25, 0.3) is 5.91 Å². The zero-order chi connectivity index (χ0) is 17.1. The Hall–Kier alpha value is -2.61. The number of hydrogen-bond donors (Lipinski definition) is 1. The van der Waals surface area contributed by atoms with Crippen LogP contribution in [0.1, 0.15) is 35.7 Å². The van der Waals surface area contributed by atoms with Crippen LogP contribution in [-0.4, -0.2) is 30.3 Å². The van der Waals surface area contributed by atoms with Crippen LogP contribution in [0.2, 0.25) is 0 Å². The second-order valence-electron chi connectivity index (χ2n) is 5.93. The second kappa shape index (κ2) is 6.88. The minimum atomic E-state index is -0.346. The van der Waals surface area contributed by atoms with Crippen molar-refractivity contribution in [3.05, 3.63) is 47.5 Å².